The molecule has 3 N–H and O–H groups in total. The first-order valence-corrected chi connectivity index (χ1v) is 3.65. The monoisotopic (exact) mass is 182 g/mol. The fourth-order valence-corrected chi connectivity index (χ4v) is 0.797. The summed E-state index contributed by atoms with van der Waals surface area (Å²) in [6.45, 7) is 0. The van der Waals surface area contributed by atoms with Crippen LogP contribution < -0.4 is 10.6 Å². The van der Waals surface area contributed by atoms with E-state index in [4.69, 9.17) is 5.11 Å². The molecule has 1 aromatic rings. The minimum absolute atomic E-state index is 0.0382. The number of hydrogen-bond acceptors (Lipinski definition) is 5. The van der Waals surface area contributed by atoms with Crippen molar-refractivity contribution in [2.45, 2.75) is 0 Å². The summed E-state index contributed by atoms with van der Waals surface area (Å²) in [4.78, 5) is 18.3. The maximum atomic E-state index is 10.6. The van der Waals surface area contributed by atoms with Gasteiger partial charge in [0, 0.05) is 20.2 Å². The Labute approximate surface area is 75.0 Å². The molecule has 0 saturated heterocycles. The summed E-state index contributed by atoms with van der Waals surface area (Å²) in [7, 11) is 3.29. The Bertz CT molecular complexity index is 304. The summed E-state index contributed by atoms with van der Waals surface area (Å²) in [6, 6.07) is 1.36. The lowest BCUT2D eigenvalue weighted by Gasteiger charge is -2.03. The van der Waals surface area contributed by atoms with Crippen LogP contribution in [0, 0.1) is 0 Å². The highest BCUT2D eigenvalue weighted by molar-refractivity contribution is 5.86. The molecule has 1 aromatic heterocycles. The Hall–Kier alpha value is -1.85. The highest BCUT2D eigenvalue weighted by Gasteiger charge is 2.08. The molecule has 0 amide bonds. The Kier molecular flexibility index (Phi) is 2.63. The van der Waals surface area contributed by atoms with Gasteiger partial charge in [-0.05, 0) is 0 Å². The SMILES string of the molecule is CNc1cc(C(=O)O)nc(NC)n1. The molecule has 0 aliphatic carbocycles. The van der Waals surface area contributed by atoms with Gasteiger partial charge < -0.3 is 15.7 Å². The summed E-state index contributed by atoms with van der Waals surface area (Å²) in [5, 5.41) is 14.1. The highest BCUT2D eigenvalue weighted by Crippen LogP contribution is 2.08. The third-order valence-electron chi connectivity index (χ3n) is 1.43. The molecule has 0 fully saturated rings. The van der Waals surface area contributed by atoms with E-state index < -0.39 is 5.97 Å². The number of anilines is 2. The normalized spacial score (nSPS) is 9.38. The van der Waals surface area contributed by atoms with Gasteiger partial charge in [0.2, 0.25) is 5.95 Å². The summed E-state index contributed by atoms with van der Waals surface area (Å²) in [5.41, 5.74) is -0.0382. The number of aromatic carboxylic acids is 1. The van der Waals surface area contributed by atoms with Gasteiger partial charge in [0.15, 0.2) is 5.69 Å². The zero-order chi connectivity index (χ0) is 9.84. The van der Waals surface area contributed by atoms with Crippen molar-refractivity contribution in [2.75, 3.05) is 24.7 Å². The van der Waals surface area contributed by atoms with Crippen LogP contribution in [0.2, 0.25) is 0 Å². The molecule has 70 valence electrons. The van der Waals surface area contributed by atoms with E-state index in [0.717, 1.165) is 0 Å². The van der Waals surface area contributed by atoms with Gasteiger partial charge in [-0.2, -0.15) is 4.98 Å². The topological polar surface area (TPSA) is 87.1 Å². The number of carboxylic acids is 1. The number of nitrogens with zero attached hydrogens (tertiary/aromatic N) is 2. The molecule has 0 spiro atoms. The average molecular weight is 182 g/mol. The second-order valence-corrected chi connectivity index (χ2v) is 2.27. The van der Waals surface area contributed by atoms with Crippen molar-refractivity contribution in [3.8, 4) is 0 Å². The second-order valence-electron chi connectivity index (χ2n) is 2.27. The molecule has 1 rings (SSSR count). The predicted octanol–water partition coefficient (Wildman–Crippen LogP) is 0.258. The van der Waals surface area contributed by atoms with E-state index >= 15 is 0 Å². The van der Waals surface area contributed by atoms with Gasteiger partial charge in [-0.15, -0.1) is 0 Å². The van der Waals surface area contributed by atoms with Crippen LogP contribution in [-0.2, 0) is 0 Å². The van der Waals surface area contributed by atoms with E-state index in [1.165, 1.54) is 6.07 Å². The van der Waals surface area contributed by atoms with Crippen molar-refractivity contribution < 1.29 is 9.90 Å². The lowest BCUT2D eigenvalue weighted by Crippen LogP contribution is -2.07. The van der Waals surface area contributed by atoms with Crippen LogP contribution in [0.15, 0.2) is 6.07 Å². The maximum absolute atomic E-state index is 10.6. The standard InChI is InChI=1S/C7H10N4O2/c1-8-5-3-4(6(12)13)10-7(9-2)11-5/h3H,1-2H3,(H,12,13)(H2,8,9,10,11). The minimum atomic E-state index is -1.07. The molecule has 13 heavy (non-hydrogen) atoms. The molecule has 0 bridgehead atoms. The molecular formula is C7H10N4O2. The second kappa shape index (κ2) is 3.70. The third-order valence-corrected chi connectivity index (χ3v) is 1.43. The largest absolute Gasteiger partial charge is 0.477 e. The number of aromatic nitrogens is 2. The summed E-state index contributed by atoms with van der Waals surface area (Å²) < 4.78 is 0. The van der Waals surface area contributed by atoms with Crippen LogP contribution in [0.3, 0.4) is 0 Å². The van der Waals surface area contributed by atoms with Gasteiger partial charge in [-0.3, -0.25) is 0 Å². The summed E-state index contributed by atoms with van der Waals surface area (Å²) in [5.74, 6) is -0.323. The Balaban J connectivity index is 3.14. The molecule has 0 atom stereocenters. The number of carboxylic acid groups (broad SMARTS) is 1. The molecule has 0 aliphatic rings. The van der Waals surface area contributed by atoms with E-state index in [9.17, 15) is 4.79 Å². The molecule has 0 aromatic carbocycles. The number of nitrogens with one attached hydrogen (secondary N) is 2. The van der Waals surface area contributed by atoms with E-state index in [1.54, 1.807) is 14.1 Å². The number of rotatable bonds is 3. The fourth-order valence-electron chi connectivity index (χ4n) is 0.797. The molecule has 6 heteroatoms. The van der Waals surface area contributed by atoms with Crippen LogP contribution in [-0.4, -0.2) is 35.1 Å². The Morgan fingerprint density at radius 2 is 2.08 bits per heavy atom. The lowest BCUT2D eigenvalue weighted by atomic mass is 10.4. The van der Waals surface area contributed by atoms with Gasteiger partial charge in [-0.25, -0.2) is 9.78 Å². The predicted molar refractivity (Wildman–Crippen MR) is 48.1 cm³/mol. The van der Waals surface area contributed by atoms with Crippen LogP contribution in [0.5, 0.6) is 0 Å². The van der Waals surface area contributed by atoms with E-state index in [0.29, 0.717) is 5.82 Å². The van der Waals surface area contributed by atoms with E-state index in [1.807, 2.05) is 0 Å². The molecule has 0 aliphatic heterocycles. The van der Waals surface area contributed by atoms with Gasteiger partial charge in [-0.1, -0.05) is 0 Å². The zero-order valence-electron chi connectivity index (χ0n) is 7.33. The Morgan fingerprint density at radius 3 is 2.54 bits per heavy atom. The average Bonchev–Trinajstić information content (AvgIpc) is 2.16. The van der Waals surface area contributed by atoms with Crippen LogP contribution in [0.1, 0.15) is 10.5 Å². The van der Waals surface area contributed by atoms with Gasteiger partial charge in [0.25, 0.3) is 0 Å². The quantitative estimate of drug-likeness (QED) is 0.621. The summed E-state index contributed by atoms with van der Waals surface area (Å²) in [6.07, 6.45) is 0. The van der Waals surface area contributed by atoms with Crippen LogP contribution in [0.25, 0.3) is 0 Å². The van der Waals surface area contributed by atoms with Crippen molar-refractivity contribution in [1.82, 2.24) is 9.97 Å². The zero-order valence-corrected chi connectivity index (χ0v) is 7.33. The minimum Gasteiger partial charge on any atom is -0.477 e. The first-order chi connectivity index (χ1) is 6.17. The number of carbonyl (C=O) groups is 1. The molecular weight excluding hydrogens is 172 g/mol. The van der Waals surface area contributed by atoms with Crippen molar-refractivity contribution in [3.63, 3.8) is 0 Å². The highest BCUT2D eigenvalue weighted by atomic mass is 16.4. The smallest absolute Gasteiger partial charge is 0.354 e. The number of hydrogen-bond donors (Lipinski definition) is 3. The van der Waals surface area contributed by atoms with Crippen LogP contribution >= 0.6 is 0 Å². The van der Waals surface area contributed by atoms with Gasteiger partial charge in [0.05, 0.1) is 0 Å². The molecule has 1 heterocycles. The molecule has 0 saturated carbocycles. The summed E-state index contributed by atoms with van der Waals surface area (Å²) >= 11 is 0. The van der Waals surface area contributed by atoms with Gasteiger partial charge >= 0.3 is 5.97 Å². The lowest BCUT2D eigenvalue weighted by molar-refractivity contribution is 0.0690. The maximum Gasteiger partial charge on any atom is 0.354 e. The van der Waals surface area contributed by atoms with E-state index in [2.05, 4.69) is 20.6 Å². The molecule has 0 radical (unpaired) electrons. The first-order valence-electron chi connectivity index (χ1n) is 3.65. The van der Waals surface area contributed by atoms with Crippen molar-refractivity contribution >= 4 is 17.7 Å². The fraction of sp³-hybridized carbons (Fsp3) is 0.286. The van der Waals surface area contributed by atoms with Gasteiger partial charge in [0.1, 0.15) is 5.82 Å². The van der Waals surface area contributed by atoms with Crippen molar-refractivity contribution in [1.29, 1.82) is 0 Å². The van der Waals surface area contributed by atoms with Crippen molar-refractivity contribution in [3.05, 3.63) is 11.8 Å². The Morgan fingerprint density at radius 1 is 1.38 bits per heavy atom. The first kappa shape index (κ1) is 9.24. The molecule has 6 nitrogen and oxygen atoms in total. The van der Waals surface area contributed by atoms with Crippen LogP contribution in [0.4, 0.5) is 11.8 Å². The van der Waals surface area contributed by atoms with Crippen molar-refractivity contribution in [2.24, 2.45) is 0 Å². The molecule has 0 unspecified atom stereocenters. The van der Waals surface area contributed by atoms with E-state index in [-0.39, 0.29) is 11.6 Å². The third kappa shape index (κ3) is 2.05.